The predicted octanol–water partition coefficient (Wildman–Crippen LogP) is 1.92. The molecule has 2 aliphatic heterocycles. The van der Waals surface area contributed by atoms with Gasteiger partial charge in [0.05, 0.1) is 36.6 Å². The van der Waals surface area contributed by atoms with Crippen LogP contribution in [0.5, 0.6) is 0 Å². The Labute approximate surface area is 202 Å². The topological polar surface area (TPSA) is 113 Å². The molecule has 2 fully saturated rings. The second-order valence-corrected chi connectivity index (χ2v) is 9.62. The highest BCUT2D eigenvalue weighted by Gasteiger charge is 2.27. The molecule has 9 nitrogen and oxygen atoms in total. The third kappa shape index (κ3) is 4.79. The first-order valence-corrected chi connectivity index (χ1v) is 11.9. The van der Waals surface area contributed by atoms with Gasteiger partial charge in [0, 0.05) is 55.0 Å². The Balaban J connectivity index is 1.54. The Morgan fingerprint density at radius 1 is 1.26 bits per heavy atom. The van der Waals surface area contributed by atoms with Crippen molar-refractivity contribution in [3.63, 3.8) is 0 Å². The van der Waals surface area contributed by atoms with Crippen LogP contribution in [-0.2, 0) is 11.3 Å². The highest BCUT2D eigenvalue weighted by molar-refractivity contribution is 5.84. The van der Waals surface area contributed by atoms with E-state index in [1.807, 2.05) is 13.8 Å². The van der Waals surface area contributed by atoms with Crippen molar-refractivity contribution in [3.05, 3.63) is 52.2 Å². The number of fused-ring (bicyclic) bond motifs is 1. The predicted molar refractivity (Wildman–Crippen MR) is 130 cm³/mol. The molecule has 2 atom stereocenters. The van der Waals surface area contributed by atoms with Gasteiger partial charge < -0.3 is 24.8 Å². The van der Waals surface area contributed by atoms with Gasteiger partial charge in [0.1, 0.15) is 5.69 Å². The van der Waals surface area contributed by atoms with Gasteiger partial charge in [-0.05, 0) is 32.4 Å². The van der Waals surface area contributed by atoms with Crippen LogP contribution in [0.3, 0.4) is 0 Å². The van der Waals surface area contributed by atoms with Gasteiger partial charge in [-0.1, -0.05) is 6.07 Å². The number of likely N-dealkylation sites (tertiary alicyclic amines) is 1. The SMILES string of the molecule is CC(C)n1c(CN2CC(O)C2)cc(=O)c2ccc(-c3nc(N[C@@H]4CCOC[C@H]4O)ncc3F)cc21. The van der Waals surface area contributed by atoms with Gasteiger partial charge >= 0.3 is 0 Å². The number of aromatic nitrogens is 3. The smallest absolute Gasteiger partial charge is 0.223 e. The Kier molecular flexibility index (Phi) is 6.54. The standard InChI is InChI=1S/C25H30FN5O4/c1-14(2)31-16(10-30-11-17(32)12-30)8-22(33)18-4-3-15(7-21(18)31)24-19(26)9-27-25(29-24)28-20-5-6-35-13-23(20)34/h3-4,7-9,14,17,20,23,32,34H,5-6,10-13H2,1-2H3,(H,27,28,29)/t20-,23-/m1/s1. The zero-order valence-electron chi connectivity index (χ0n) is 19.8. The van der Waals surface area contributed by atoms with Crippen molar-refractivity contribution in [2.75, 3.05) is 31.6 Å². The second kappa shape index (κ2) is 9.62. The third-order valence-corrected chi connectivity index (χ3v) is 6.63. The first-order chi connectivity index (χ1) is 16.8. The number of ether oxygens (including phenoxy) is 1. The average Bonchev–Trinajstić information content (AvgIpc) is 2.80. The average molecular weight is 484 g/mol. The van der Waals surface area contributed by atoms with Crippen LogP contribution in [0, 0.1) is 5.82 Å². The van der Waals surface area contributed by atoms with Crippen molar-refractivity contribution in [2.45, 2.75) is 51.1 Å². The molecule has 3 aromatic rings. The van der Waals surface area contributed by atoms with Gasteiger partial charge in [-0.15, -0.1) is 0 Å². The summed E-state index contributed by atoms with van der Waals surface area (Å²) in [7, 11) is 0. The van der Waals surface area contributed by atoms with Crippen LogP contribution >= 0.6 is 0 Å². The number of hydrogen-bond acceptors (Lipinski definition) is 8. The van der Waals surface area contributed by atoms with Gasteiger partial charge in [-0.3, -0.25) is 9.69 Å². The molecule has 2 aliphatic rings. The van der Waals surface area contributed by atoms with E-state index >= 15 is 0 Å². The van der Waals surface area contributed by atoms with Crippen LogP contribution in [0.2, 0.25) is 0 Å². The van der Waals surface area contributed by atoms with E-state index in [1.165, 1.54) is 0 Å². The summed E-state index contributed by atoms with van der Waals surface area (Å²) in [4.78, 5) is 23.5. The molecule has 0 unspecified atom stereocenters. The summed E-state index contributed by atoms with van der Waals surface area (Å²) < 4.78 is 22.2. The highest BCUT2D eigenvalue weighted by Crippen LogP contribution is 2.28. The molecule has 2 saturated heterocycles. The van der Waals surface area contributed by atoms with Gasteiger partial charge in [-0.2, -0.15) is 0 Å². The minimum atomic E-state index is -0.701. The van der Waals surface area contributed by atoms with Crippen LogP contribution < -0.4 is 10.7 Å². The molecule has 10 heteroatoms. The molecule has 3 N–H and O–H groups in total. The van der Waals surface area contributed by atoms with Crippen molar-refractivity contribution in [1.29, 1.82) is 0 Å². The molecule has 0 bridgehead atoms. The molecule has 0 saturated carbocycles. The molecule has 4 heterocycles. The molecule has 0 spiro atoms. The molecule has 1 aromatic carbocycles. The monoisotopic (exact) mass is 483 g/mol. The lowest BCUT2D eigenvalue weighted by Crippen LogP contribution is -2.50. The molecular weight excluding hydrogens is 453 g/mol. The Morgan fingerprint density at radius 2 is 2.06 bits per heavy atom. The zero-order valence-corrected chi connectivity index (χ0v) is 19.8. The van der Waals surface area contributed by atoms with E-state index in [9.17, 15) is 19.4 Å². The quantitative estimate of drug-likeness (QED) is 0.488. The normalized spacial score (nSPS) is 21.4. The lowest BCUT2D eigenvalue weighted by molar-refractivity contribution is -0.0136. The van der Waals surface area contributed by atoms with E-state index < -0.39 is 11.9 Å². The van der Waals surface area contributed by atoms with Crippen molar-refractivity contribution < 1.29 is 19.3 Å². The van der Waals surface area contributed by atoms with E-state index in [0.717, 1.165) is 11.9 Å². The number of hydrogen-bond donors (Lipinski definition) is 3. The second-order valence-electron chi connectivity index (χ2n) is 9.62. The van der Waals surface area contributed by atoms with E-state index in [2.05, 4.69) is 24.8 Å². The number of halogens is 1. The van der Waals surface area contributed by atoms with E-state index in [-0.39, 0.29) is 41.9 Å². The minimum absolute atomic E-state index is 0.0528. The number of nitrogens with zero attached hydrogens (tertiary/aromatic N) is 4. The summed E-state index contributed by atoms with van der Waals surface area (Å²) >= 11 is 0. The number of β-amino-alcohol motifs (C(OH)–C–C–N with tert-alkyl or cyclic N) is 1. The molecule has 186 valence electrons. The first-order valence-electron chi connectivity index (χ1n) is 11.9. The Bertz CT molecular complexity index is 1290. The summed E-state index contributed by atoms with van der Waals surface area (Å²) in [5.41, 5.74) is 2.09. The van der Waals surface area contributed by atoms with Crippen LogP contribution in [0.4, 0.5) is 10.3 Å². The van der Waals surface area contributed by atoms with Crippen LogP contribution in [-0.4, -0.2) is 74.2 Å². The van der Waals surface area contributed by atoms with Crippen molar-refractivity contribution >= 4 is 16.9 Å². The largest absolute Gasteiger partial charge is 0.390 e. The Morgan fingerprint density at radius 3 is 2.77 bits per heavy atom. The fourth-order valence-electron chi connectivity index (χ4n) is 4.87. The van der Waals surface area contributed by atoms with Crippen LogP contribution in [0.15, 0.2) is 35.3 Å². The van der Waals surface area contributed by atoms with Crippen LogP contribution in [0.25, 0.3) is 22.2 Å². The third-order valence-electron chi connectivity index (χ3n) is 6.63. The molecule has 5 rings (SSSR count). The van der Waals surface area contributed by atoms with Gasteiger partial charge in [-0.25, -0.2) is 14.4 Å². The Hall–Kier alpha value is -2.92. The number of rotatable bonds is 6. The van der Waals surface area contributed by atoms with Crippen molar-refractivity contribution in [1.82, 2.24) is 19.4 Å². The lowest BCUT2D eigenvalue weighted by Gasteiger charge is -2.36. The van der Waals surface area contributed by atoms with E-state index in [0.29, 0.717) is 49.1 Å². The van der Waals surface area contributed by atoms with Crippen LogP contribution in [0.1, 0.15) is 32.0 Å². The molecule has 2 aromatic heterocycles. The van der Waals surface area contributed by atoms with Gasteiger partial charge in [0.15, 0.2) is 11.2 Å². The minimum Gasteiger partial charge on any atom is -0.390 e. The van der Waals surface area contributed by atoms with Crippen molar-refractivity contribution in [3.8, 4) is 11.3 Å². The molecule has 0 radical (unpaired) electrons. The maximum absolute atomic E-state index is 14.9. The summed E-state index contributed by atoms with van der Waals surface area (Å²) in [6.07, 6.45) is 0.673. The highest BCUT2D eigenvalue weighted by atomic mass is 19.1. The maximum Gasteiger partial charge on any atom is 0.223 e. The molecular formula is C25H30FN5O4. The zero-order chi connectivity index (χ0) is 24.7. The number of anilines is 1. The number of aliphatic hydroxyl groups excluding tert-OH is 2. The summed E-state index contributed by atoms with van der Waals surface area (Å²) in [6, 6.07) is 6.62. The summed E-state index contributed by atoms with van der Waals surface area (Å²) in [6.45, 7) is 6.52. The number of pyridine rings is 1. The first kappa shape index (κ1) is 23.8. The summed E-state index contributed by atoms with van der Waals surface area (Å²) in [5, 5.41) is 23.4. The van der Waals surface area contributed by atoms with E-state index in [1.54, 1.807) is 24.3 Å². The maximum atomic E-state index is 14.9. The lowest BCUT2D eigenvalue weighted by atomic mass is 10.0. The molecule has 35 heavy (non-hydrogen) atoms. The van der Waals surface area contributed by atoms with Gasteiger partial charge in [0.25, 0.3) is 0 Å². The van der Waals surface area contributed by atoms with Gasteiger partial charge in [0.2, 0.25) is 5.95 Å². The van der Waals surface area contributed by atoms with E-state index in [4.69, 9.17) is 4.74 Å². The number of benzene rings is 1. The molecule has 0 aliphatic carbocycles. The fraction of sp³-hybridized carbons (Fsp3) is 0.480. The van der Waals surface area contributed by atoms with Crippen molar-refractivity contribution in [2.24, 2.45) is 0 Å². The fourth-order valence-corrected chi connectivity index (χ4v) is 4.87. The molecule has 0 amide bonds. The summed E-state index contributed by atoms with van der Waals surface area (Å²) in [5.74, 6) is -0.356. The number of aliphatic hydroxyl groups is 2. The number of nitrogens with one attached hydrogen (secondary N) is 1.